The number of carbonyl (C=O) groups excluding carboxylic acids is 1. The molecule has 1 atom stereocenters. The molecule has 8 heteroatoms. The number of anilines is 1. The Bertz CT molecular complexity index is 1020. The van der Waals surface area contributed by atoms with E-state index in [9.17, 15) is 9.18 Å². The Labute approximate surface area is 172 Å². The summed E-state index contributed by atoms with van der Waals surface area (Å²) in [6, 6.07) is 11.2. The molecule has 0 unspecified atom stereocenters. The molecular formula is C21H20ClFN4O2. The lowest BCUT2D eigenvalue weighted by Gasteiger charge is -2.31. The topological polar surface area (TPSA) is 71.3 Å². The number of piperidine rings is 1. The average Bonchev–Trinajstić information content (AvgIpc) is 3.22. The van der Waals surface area contributed by atoms with E-state index in [-0.39, 0.29) is 17.8 Å². The first-order chi connectivity index (χ1) is 14.0. The zero-order valence-electron chi connectivity index (χ0n) is 15.9. The number of rotatable bonds is 3. The van der Waals surface area contributed by atoms with Crippen LogP contribution in [0.2, 0.25) is 5.02 Å². The van der Waals surface area contributed by atoms with Crippen LogP contribution in [0.4, 0.5) is 14.9 Å². The van der Waals surface area contributed by atoms with Gasteiger partial charge in [-0.2, -0.15) is 4.98 Å². The van der Waals surface area contributed by atoms with E-state index in [1.54, 1.807) is 23.1 Å². The van der Waals surface area contributed by atoms with Crippen molar-refractivity contribution in [1.82, 2.24) is 15.0 Å². The summed E-state index contributed by atoms with van der Waals surface area (Å²) in [5.41, 5.74) is 2.29. The summed E-state index contributed by atoms with van der Waals surface area (Å²) < 4.78 is 18.5. The highest BCUT2D eigenvalue weighted by Gasteiger charge is 2.29. The molecule has 0 bridgehead atoms. The second-order valence-corrected chi connectivity index (χ2v) is 7.55. The summed E-state index contributed by atoms with van der Waals surface area (Å²) in [6.45, 7) is 3.05. The van der Waals surface area contributed by atoms with Crippen LogP contribution >= 0.6 is 11.6 Å². The summed E-state index contributed by atoms with van der Waals surface area (Å²) in [5, 5.41) is 7.50. The summed E-state index contributed by atoms with van der Waals surface area (Å²) in [4.78, 5) is 18.9. The number of likely N-dealkylation sites (tertiary alicyclic amines) is 1. The van der Waals surface area contributed by atoms with Crippen LogP contribution in [-0.4, -0.2) is 34.2 Å². The van der Waals surface area contributed by atoms with Gasteiger partial charge in [-0.15, -0.1) is 0 Å². The SMILES string of the molecule is Cc1ccc(NC(=O)N2CCC[C@H](c3nc(-c4ccc(F)cc4)no3)C2)cc1Cl. The molecule has 3 aromatic rings. The number of urea groups is 1. The number of nitrogens with one attached hydrogen (secondary N) is 1. The van der Waals surface area contributed by atoms with Gasteiger partial charge in [0.15, 0.2) is 0 Å². The van der Waals surface area contributed by atoms with E-state index in [0.717, 1.165) is 18.4 Å². The number of carbonyl (C=O) groups is 1. The van der Waals surface area contributed by atoms with Crippen LogP contribution in [0.15, 0.2) is 47.0 Å². The third-order valence-corrected chi connectivity index (χ3v) is 5.43. The van der Waals surface area contributed by atoms with Crippen molar-refractivity contribution in [2.75, 3.05) is 18.4 Å². The lowest BCUT2D eigenvalue weighted by atomic mass is 9.98. The normalized spacial score (nSPS) is 16.7. The number of hydrogen-bond donors (Lipinski definition) is 1. The lowest BCUT2D eigenvalue weighted by Crippen LogP contribution is -2.41. The molecule has 1 saturated heterocycles. The molecule has 1 aliphatic heterocycles. The van der Waals surface area contributed by atoms with E-state index in [0.29, 0.717) is 41.1 Å². The minimum Gasteiger partial charge on any atom is -0.339 e. The third-order valence-electron chi connectivity index (χ3n) is 5.03. The lowest BCUT2D eigenvalue weighted by molar-refractivity contribution is 0.184. The van der Waals surface area contributed by atoms with Crippen molar-refractivity contribution in [3.8, 4) is 11.4 Å². The highest BCUT2D eigenvalue weighted by Crippen LogP contribution is 2.28. The summed E-state index contributed by atoms with van der Waals surface area (Å²) in [7, 11) is 0. The van der Waals surface area contributed by atoms with Crippen molar-refractivity contribution in [2.45, 2.75) is 25.7 Å². The first kappa shape index (κ1) is 19.4. The highest BCUT2D eigenvalue weighted by molar-refractivity contribution is 6.31. The van der Waals surface area contributed by atoms with Gasteiger partial charge in [-0.05, 0) is 61.7 Å². The van der Waals surface area contributed by atoms with Crippen LogP contribution < -0.4 is 5.32 Å². The zero-order chi connectivity index (χ0) is 20.4. The van der Waals surface area contributed by atoms with Crippen LogP contribution in [0.25, 0.3) is 11.4 Å². The van der Waals surface area contributed by atoms with Gasteiger partial charge in [0.25, 0.3) is 0 Å². The van der Waals surface area contributed by atoms with Gasteiger partial charge in [0.05, 0.1) is 5.92 Å². The molecule has 0 radical (unpaired) electrons. The number of aryl methyl sites for hydroxylation is 1. The van der Waals surface area contributed by atoms with Gasteiger partial charge < -0.3 is 14.7 Å². The molecule has 2 heterocycles. The highest BCUT2D eigenvalue weighted by atomic mass is 35.5. The van der Waals surface area contributed by atoms with Crippen LogP contribution in [-0.2, 0) is 0 Å². The first-order valence-electron chi connectivity index (χ1n) is 9.41. The number of hydrogen-bond acceptors (Lipinski definition) is 4. The zero-order valence-corrected chi connectivity index (χ0v) is 16.6. The molecule has 0 saturated carbocycles. The van der Waals surface area contributed by atoms with Crippen LogP contribution in [0, 0.1) is 12.7 Å². The first-order valence-corrected chi connectivity index (χ1v) is 9.79. The van der Waals surface area contributed by atoms with E-state index in [2.05, 4.69) is 15.5 Å². The molecule has 29 heavy (non-hydrogen) atoms. The Kier molecular flexibility index (Phi) is 5.49. The maximum absolute atomic E-state index is 13.1. The maximum atomic E-state index is 13.1. The quantitative estimate of drug-likeness (QED) is 0.635. The second kappa shape index (κ2) is 8.21. The van der Waals surface area contributed by atoms with Gasteiger partial charge in [0.2, 0.25) is 11.7 Å². The fourth-order valence-corrected chi connectivity index (χ4v) is 3.53. The molecule has 1 aliphatic rings. The van der Waals surface area contributed by atoms with E-state index >= 15 is 0 Å². The summed E-state index contributed by atoms with van der Waals surface area (Å²) >= 11 is 6.13. The maximum Gasteiger partial charge on any atom is 0.321 e. The molecule has 1 N–H and O–H groups in total. The fraction of sp³-hybridized carbons (Fsp3) is 0.286. The minimum atomic E-state index is -0.318. The smallest absolute Gasteiger partial charge is 0.321 e. The number of benzene rings is 2. The van der Waals surface area contributed by atoms with Crippen molar-refractivity contribution in [1.29, 1.82) is 0 Å². The van der Waals surface area contributed by atoms with Gasteiger partial charge in [-0.1, -0.05) is 22.8 Å². The van der Waals surface area contributed by atoms with E-state index in [4.69, 9.17) is 16.1 Å². The van der Waals surface area contributed by atoms with E-state index in [1.807, 2.05) is 19.1 Å². The van der Waals surface area contributed by atoms with Crippen molar-refractivity contribution in [3.05, 3.63) is 64.8 Å². The van der Waals surface area contributed by atoms with Gasteiger partial charge in [0.1, 0.15) is 5.82 Å². The van der Waals surface area contributed by atoms with Gasteiger partial charge in [-0.3, -0.25) is 0 Å². The fourth-order valence-electron chi connectivity index (χ4n) is 3.35. The number of aromatic nitrogens is 2. The van der Waals surface area contributed by atoms with Crippen LogP contribution in [0.5, 0.6) is 0 Å². The molecule has 0 aliphatic carbocycles. The Hall–Kier alpha value is -2.93. The number of halogens is 2. The van der Waals surface area contributed by atoms with Crippen LogP contribution in [0.1, 0.15) is 30.2 Å². The molecule has 150 valence electrons. The molecule has 2 amide bonds. The Morgan fingerprint density at radius 1 is 1.28 bits per heavy atom. The molecule has 2 aromatic carbocycles. The van der Waals surface area contributed by atoms with E-state index < -0.39 is 0 Å². The molecule has 0 spiro atoms. The summed E-state index contributed by atoms with van der Waals surface area (Å²) in [5.74, 6) is 0.537. The van der Waals surface area contributed by atoms with Crippen molar-refractivity contribution in [2.24, 2.45) is 0 Å². The number of amides is 2. The Morgan fingerprint density at radius 2 is 2.07 bits per heavy atom. The average molecular weight is 415 g/mol. The Morgan fingerprint density at radius 3 is 2.83 bits per heavy atom. The molecule has 4 rings (SSSR count). The predicted molar refractivity (Wildman–Crippen MR) is 108 cm³/mol. The Balaban J connectivity index is 1.43. The van der Waals surface area contributed by atoms with Gasteiger partial charge in [-0.25, -0.2) is 9.18 Å². The predicted octanol–water partition coefficient (Wildman–Crippen LogP) is 5.25. The second-order valence-electron chi connectivity index (χ2n) is 7.14. The van der Waals surface area contributed by atoms with Crippen molar-refractivity contribution < 1.29 is 13.7 Å². The standard InChI is InChI=1S/C21H20ClFN4O2/c1-13-4-9-17(11-18(13)22)24-21(28)27-10-2-3-15(12-27)20-25-19(26-29-20)14-5-7-16(23)8-6-14/h4-9,11,15H,2-3,10,12H2,1H3,(H,24,28)/t15-/m0/s1. The monoisotopic (exact) mass is 414 g/mol. The van der Waals surface area contributed by atoms with Crippen LogP contribution in [0.3, 0.4) is 0 Å². The molecular weight excluding hydrogens is 395 g/mol. The number of nitrogens with zero attached hydrogens (tertiary/aromatic N) is 3. The third kappa shape index (κ3) is 4.40. The van der Waals surface area contributed by atoms with E-state index in [1.165, 1.54) is 12.1 Å². The summed E-state index contributed by atoms with van der Waals surface area (Å²) in [6.07, 6.45) is 1.69. The minimum absolute atomic E-state index is 0.0437. The van der Waals surface area contributed by atoms with Crippen molar-refractivity contribution in [3.63, 3.8) is 0 Å². The molecule has 6 nitrogen and oxygen atoms in total. The van der Waals surface area contributed by atoms with Gasteiger partial charge in [0, 0.05) is 29.4 Å². The largest absolute Gasteiger partial charge is 0.339 e. The van der Waals surface area contributed by atoms with Crippen molar-refractivity contribution >= 4 is 23.3 Å². The van der Waals surface area contributed by atoms with Gasteiger partial charge >= 0.3 is 6.03 Å². The molecule has 1 aromatic heterocycles. The molecule has 1 fully saturated rings.